The Morgan fingerprint density at radius 2 is 1.00 bits per heavy atom. The molecule has 7 amide bonds. The van der Waals surface area contributed by atoms with Crippen LogP contribution in [0.3, 0.4) is 0 Å². The van der Waals surface area contributed by atoms with Crippen LogP contribution in [0.1, 0.15) is 214 Å². The fourth-order valence-electron chi connectivity index (χ4n) is 18.4. The second-order valence-corrected chi connectivity index (χ2v) is 37.2. The van der Waals surface area contributed by atoms with Crippen molar-refractivity contribution < 1.29 is 37.5 Å². The summed E-state index contributed by atoms with van der Waals surface area (Å²) < 4.78 is 37.1. The first-order valence-electron chi connectivity index (χ1n) is 49.9. The lowest BCUT2D eigenvalue weighted by atomic mass is 9.87. The lowest BCUT2D eigenvalue weighted by Gasteiger charge is -2.36. The maximum Gasteiger partial charge on any atom is 0.319 e. The number of methoxy groups -OCH3 is 1. The lowest BCUT2D eigenvalue weighted by molar-refractivity contribution is -0.135. The summed E-state index contributed by atoms with van der Waals surface area (Å²) in [5.74, 6) is -0.319. The summed E-state index contributed by atoms with van der Waals surface area (Å²) in [5, 5.41) is 12.7. The highest BCUT2D eigenvalue weighted by molar-refractivity contribution is 5.96. The number of unbranched alkanes of at least 4 members (excludes halogenated alkanes) is 3. The molecule has 16 rings (SSSR count). The van der Waals surface area contributed by atoms with Gasteiger partial charge >= 0.3 is 12.1 Å². The van der Waals surface area contributed by atoms with Gasteiger partial charge in [0, 0.05) is 44.4 Å². The third kappa shape index (κ3) is 26.3. The van der Waals surface area contributed by atoms with Crippen molar-refractivity contribution in [2.45, 2.75) is 183 Å². The Hall–Kier alpha value is -15.4. The fraction of sp³-hybridized carbons (Fsp3) is 0.303. The third-order valence-corrected chi connectivity index (χ3v) is 26.2. The number of hydrogen-bond donors (Lipinski definition) is 4. The van der Waals surface area contributed by atoms with Crippen LogP contribution in [0.5, 0.6) is 5.75 Å². The van der Waals surface area contributed by atoms with Gasteiger partial charge in [-0.25, -0.2) is 33.3 Å². The highest BCUT2D eigenvalue weighted by atomic mass is 19.1. The molecule has 746 valence electrons. The van der Waals surface area contributed by atoms with Crippen LogP contribution in [0.25, 0.3) is 49.8 Å². The van der Waals surface area contributed by atoms with E-state index < -0.39 is 47.8 Å². The van der Waals surface area contributed by atoms with Crippen LogP contribution in [0.4, 0.5) is 24.1 Å². The number of rotatable bonds is 33. The van der Waals surface area contributed by atoms with Gasteiger partial charge in [0.2, 0.25) is 11.8 Å². The number of fused-ring (bicyclic) bond motifs is 4. The molecule has 0 saturated heterocycles. The number of likely N-dealkylation sites (N-methyl/N-ethyl adjacent to an activating group) is 1. The molecule has 0 radical (unpaired) electrons. The number of ether oxygens (including phenoxy) is 1. The molecule has 15 aromatic rings. The average Bonchev–Trinajstić information content (AvgIpc) is 0.748. The minimum atomic E-state index is -0.885. The van der Waals surface area contributed by atoms with Gasteiger partial charge in [0.05, 0.1) is 92.7 Å². The van der Waals surface area contributed by atoms with Crippen LogP contribution in [0.15, 0.2) is 312 Å². The molecule has 23 nitrogen and oxygen atoms in total. The normalized spacial score (nSPS) is 12.9. The van der Waals surface area contributed by atoms with E-state index in [1.165, 1.54) is 5.56 Å². The number of para-hydroxylation sites is 3. The zero-order valence-electron chi connectivity index (χ0n) is 84.8. The maximum atomic E-state index is 14.9. The topological polar surface area (TPSA) is 260 Å². The third-order valence-electron chi connectivity index (χ3n) is 26.2. The number of benzene rings is 12. The number of anilines is 1. The standard InChI is InChI=1S/C36H38N4O2.C31H36N4O2.C30H33N3O3.C22H25F2N3O2/c1-5-32(34-37-31-22-13-12-21-30(31)35(41)40(34)29-20-14-15-26(2)25-29)39(24-23-38(3)4)36(42)33(27-16-8-6-9-17-27)28-18-10-7-11-19-28;1-4-5-6-12-20-34(31(37)32-22-25-15-8-7-9-16-25)24(3)29-33-28-19-11-10-18-27(28)30(36)35(29)26-17-13-14-23(2)21-26;1-6-18-32(29(34)22-13-16-24(36-5)17-14-22)27(7-2)28-31-26-11-9-8-10-25(26)30(35)33(28)23-15-12-20(3)21(4)19-23;1-13(2)20(27-22(29)26-19-11-10-15(23)12-17(19)24)21(28)25-18-9-5-7-14-6-3-4-8-16(14)18/h6-22,25,32-33H,5,23-24H2,1-4H3;7-11,13-19,21,24H,4-6,12,20,22H2,1-3H3,(H,32,37);8-17,19,27H,6-7,18H2,1-5H3;3-4,6,8,10-13,18,20H,5,7,9H2,1-2H3,(H,25,28)(H2,26,27,29). The van der Waals surface area contributed by atoms with Gasteiger partial charge in [-0.3, -0.25) is 42.5 Å². The van der Waals surface area contributed by atoms with Gasteiger partial charge in [-0.1, -0.05) is 243 Å². The number of carbonyl (C=O) groups excluding carboxylic acids is 5. The molecule has 0 bridgehead atoms. The fourth-order valence-corrected chi connectivity index (χ4v) is 18.4. The van der Waals surface area contributed by atoms with Crippen molar-refractivity contribution in [2.24, 2.45) is 5.92 Å². The Morgan fingerprint density at radius 1 is 0.486 bits per heavy atom. The molecule has 3 heterocycles. The van der Waals surface area contributed by atoms with Gasteiger partial charge in [0.1, 0.15) is 40.9 Å². The molecule has 144 heavy (non-hydrogen) atoms. The number of aromatic nitrogens is 6. The second-order valence-electron chi connectivity index (χ2n) is 37.2. The molecular weight excluding hydrogens is 1810 g/mol. The van der Waals surface area contributed by atoms with Gasteiger partial charge in [-0.05, 0) is 259 Å². The van der Waals surface area contributed by atoms with E-state index in [9.17, 15) is 47.1 Å². The average molecular weight is 1940 g/mol. The van der Waals surface area contributed by atoms with E-state index in [0.29, 0.717) is 113 Å². The first kappa shape index (κ1) is 106. The molecule has 4 N–H and O–H groups in total. The molecule has 5 atom stereocenters. The highest BCUT2D eigenvalue weighted by Gasteiger charge is 2.37. The maximum absolute atomic E-state index is 14.9. The Balaban J connectivity index is 0.000000162. The number of nitrogens with one attached hydrogen (secondary N) is 4. The number of urea groups is 2. The lowest BCUT2D eigenvalue weighted by Crippen LogP contribution is -2.51. The van der Waals surface area contributed by atoms with Gasteiger partial charge in [-0.15, -0.1) is 0 Å². The Bertz CT molecular complexity index is 7080. The molecule has 12 aromatic carbocycles. The van der Waals surface area contributed by atoms with E-state index in [1.54, 1.807) is 57.2 Å². The summed E-state index contributed by atoms with van der Waals surface area (Å²) in [6.07, 6.45) is 8.95. The predicted molar refractivity (Wildman–Crippen MR) is 572 cm³/mol. The summed E-state index contributed by atoms with van der Waals surface area (Å²) in [6, 6.07) is 88.7. The van der Waals surface area contributed by atoms with E-state index in [0.717, 1.165) is 125 Å². The number of nitrogens with zero attached hydrogens (tertiary/aromatic N) is 10. The van der Waals surface area contributed by atoms with Crippen molar-refractivity contribution in [1.82, 2.24) is 64.2 Å². The van der Waals surface area contributed by atoms with E-state index in [-0.39, 0.29) is 58.1 Å². The Morgan fingerprint density at radius 3 is 1.51 bits per heavy atom. The van der Waals surface area contributed by atoms with Crippen molar-refractivity contribution in [2.75, 3.05) is 52.7 Å². The minimum Gasteiger partial charge on any atom is -0.497 e. The Labute approximate surface area is 842 Å². The number of halogens is 2. The van der Waals surface area contributed by atoms with Crippen LogP contribution in [0, 0.1) is 45.2 Å². The van der Waals surface area contributed by atoms with Crippen molar-refractivity contribution in [3.8, 4) is 22.8 Å². The van der Waals surface area contributed by atoms with Crippen LogP contribution in [0.2, 0.25) is 0 Å². The highest BCUT2D eigenvalue weighted by Crippen LogP contribution is 2.37. The van der Waals surface area contributed by atoms with Gasteiger partial charge in [0.25, 0.3) is 22.6 Å². The summed E-state index contributed by atoms with van der Waals surface area (Å²) >= 11 is 0. The predicted octanol–water partition coefficient (Wildman–Crippen LogP) is 23.2. The van der Waals surface area contributed by atoms with E-state index in [1.807, 2.05) is 328 Å². The Kier molecular flexibility index (Phi) is 37.4. The molecule has 0 saturated carbocycles. The van der Waals surface area contributed by atoms with Crippen molar-refractivity contribution in [3.63, 3.8) is 0 Å². The minimum absolute atomic E-state index is 0.0145. The molecule has 0 spiro atoms. The molecule has 1 aliphatic rings. The SMILES string of the molecule is CC(C)C(NC(=O)Nc1ccc(F)cc1F)C(=O)NC1CCCc2ccccc21.CCC(c1nc2ccccc2c(=O)n1-c1cccc(C)c1)N(CCN(C)C)C(=O)C(c1ccccc1)c1ccccc1.CCCCCCN(C(=O)NCc1ccccc1)C(C)c1nc2ccccc2c(=O)n1-c1cccc(C)c1.CCCN(C(=O)c1ccc(OC)cc1)C(CC)c1nc2ccccc2c(=O)n1-c1ccc(C)c(C)c1. The quantitative estimate of drug-likeness (QED) is 0.0279. The van der Waals surface area contributed by atoms with Gasteiger partial charge < -0.3 is 45.6 Å². The van der Waals surface area contributed by atoms with Crippen LogP contribution in [-0.2, 0) is 22.6 Å². The number of aryl methyl sites for hydroxylation is 5. The molecule has 0 fully saturated rings. The molecule has 5 unspecified atom stereocenters. The first-order chi connectivity index (χ1) is 69.6. The van der Waals surface area contributed by atoms with Crippen LogP contribution < -0.4 is 42.7 Å². The van der Waals surface area contributed by atoms with E-state index >= 15 is 0 Å². The molecule has 1 aliphatic carbocycles. The van der Waals surface area contributed by atoms with Crippen molar-refractivity contribution in [3.05, 3.63) is 413 Å². The number of amides is 7. The second kappa shape index (κ2) is 50.8. The molecule has 0 aliphatic heterocycles. The van der Waals surface area contributed by atoms with Gasteiger partial charge in [-0.2, -0.15) is 0 Å². The van der Waals surface area contributed by atoms with Crippen LogP contribution in [-0.4, -0.2) is 131 Å². The molecule has 25 heteroatoms. The zero-order chi connectivity index (χ0) is 103. The van der Waals surface area contributed by atoms with Crippen LogP contribution >= 0.6 is 0 Å². The van der Waals surface area contributed by atoms with Gasteiger partial charge in [0.15, 0.2) is 0 Å². The molecular formula is C119H132F2N14O9. The van der Waals surface area contributed by atoms with Crippen molar-refractivity contribution >= 4 is 68.2 Å². The van der Waals surface area contributed by atoms with E-state index in [4.69, 9.17) is 19.7 Å². The number of hydrogen-bond acceptors (Lipinski definition) is 13. The zero-order valence-corrected chi connectivity index (χ0v) is 84.8. The largest absolute Gasteiger partial charge is 0.497 e. The number of carbonyl (C=O) groups is 5. The summed E-state index contributed by atoms with van der Waals surface area (Å²) in [7, 11) is 5.61. The van der Waals surface area contributed by atoms with E-state index in [2.05, 4.69) is 46.1 Å². The van der Waals surface area contributed by atoms with Crippen molar-refractivity contribution in [1.29, 1.82) is 0 Å². The monoisotopic (exact) mass is 1940 g/mol. The first-order valence-corrected chi connectivity index (χ1v) is 49.9. The summed E-state index contributed by atoms with van der Waals surface area (Å²) in [5.41, 5.74) is 13.7. The summed E-state index contributed by atoms with van der Waals surface area (Å²) in [6.45, 7) is 24.7. The smallest absolute Gasteiger partial charge is 0.319 e. The molecule has 3 aromatic heterocycles. The summed E-state index contributed by atoms with van der Waals surface area (Å²) in [4.78, 5) is 132.